The zero-order valence-electron chi connectivity index (χ0n) is 11.7. The van der Waals surface area contributed by atoms with Crippen LogP contribution in [0.4, 0.5) is 4.39 Å². The molecule has 2 atom stereocenters. The Labute approximate surface area is 114 Å². The summed E-state index contributed by atoms with van der Waals surface area (Å²) >= 11 is 0. The molecule has 1 aromatic rings. The summed E-state index contributed by atoms with van der Waals surface area (Å²) in [6, 6.07) is 6.74. The highest BCUT2D eigenvalue weighted by atomic mass is 19.1. The SMILES string of the molecule is CN(C)C1CCN(CCC(O)c2ccc(F)cc2)C1. The van der Waals surface area contributed by atoms with Crippen LogP contribution in [0.15, 0.2) is 24.3 Å². The van der Waals surface area contributed by atoms with Gasteiger partial charge in [-0.25, -0.2) is 4.39 Å². The Balaban J connectivity index is 1.78. The zero-order valence-corrected chi connectivity index (χ0v) is 11.7. The number of halogens is 1. The molecule has 1 N–H and O–H groups in total. The van der Waals surface area contributed by atoms with Gasteiger partial charge in [0, 0.05) is 19.1 Å². The number of aliphatic hydroxyl groups is 1. The molecule has 0 radical (unpaired) electrons. The first kappa shape index (κ1) is 14.4. The molecule has 1 aliphatic rings. The van der Waals surface area contributed by atoms with E-state index < -0.39 is 6.10 Å². The Hall–Kier alpha value is -0.970. The summed E-state index contributed by atoms with van der Waals surface area (Å²) in [6.45, 7) is 3.06. The molecule has 106 valence electrons. The van der Waals surface area contributed by atoms with Gasteiger partial charge >= 0.3 is 0 Å². The third-order valence-electron chi connectivity index (χ3n) is 3.95. The quantitative estimate of drug-likeness (QED) is 0.881. The molecule has 2 rings (SSSR count). The normalized spacial score (nSPS) is 22.1. The van der Waals surface area contributed by atoms with Crippen molar-refractivity contribution in [3.63, 3.8) is 0 Å². The smallest absolute Gasteiger partial charge is 0.123 e. The topological polar surface area (TPSA) is 26.7 Å². The van der Waals surface area contributed by atoms with Crippen LogP contribution in [0.25, 0.3) is 0 Å². The molecule has 0 aliphatic carbocycles. The largest absolute Gasteiger partial charge is 0.388 e. The van der Waals surface area contributed by atoms with Crippen molar-refractivity contribution >= 4 is 0 Å². The molecule has 1 aliphatic heterocycles. The van der Waals surface area contributed by atoms with Crippen LogP contribution >= 0.6 is 0 Å². The van der Waals surface area contributed by atoms with Crippen molar-refractivity contribution < 1.29 is 9.50 Å². The first-order chi connectivity index (χ1) is 9.06. The summed E-state index contributed by atoms with van der Waals surface area (Å²) in [4.78, 5) is 4.65. The minimum Gasteiger partial charge on any atom is -0.388 e. The van der Waals surface area contributed by atoms with Gasteiger partial charge in [0.05, 0.1) is 6.10 Å². The first-order valence-electron chi connectivity index (χ1n) is 6.88. The predicted molar refractivity (Wildman–Crippen MR) is 74.5 cm³/mol. The summed E-state index contributed by atoms with van der Waals surface area (Å²) < 4.78 is 12.8. The number of likely N-dealkylation sites (tertiary alicyclic amines) is 1. The molecule has 0 spiro atoms. The average Bonchev–Trinajstić information content (AvgIpc) is 2.86. The Morgan fingerprint density at radius 2 is 2.05 bits per heavy atom. The Morgan fingerprint density at radius 1 is 1.37 bits per heavy atom. The van der Waals surface area contributed by atoms with Gasteiger partial charge in [-0.3, -0.25) is 0 Å². The molecule has 0 saturated carbocycles. The van der Waals surface area contributed by atoms with Gasteiger partial charge in [-0.15, -0.1) is 0 Å². The molecule has 19 heavy (non-hydrogen) atoms. The highest BCUT2D eigenvalue weighted by Gasteiger charge is 2.24. The number of aliphatic hydroxyl groups excluding tert-OH is 1. The molecule has 1 saturated heterocycles. The molecular formula is C15H23FN2O. The number of hydrogen-bond acceptors (Lipinski definition) is 3. The minimum absolute atomic E-state index is 0.260. The van der Waals surface area contributed by atoms with Crippen LogP contribution in [0.2, 0.25) is 0 Å². The van der Waals surface area contributed by atoms with E-state index in [4.69, 9.17) is 0 Å². The Bertz CT molecular complexity index is 394. The molecule has 1 heterocycles. The summed E-state index contributed by atoms with van der Waals surface area (Å²) in [6.07, 6.45) is 1.39. The van der Waals surface area contributed by atoms with Crippen LogP contribution in [0.5, 0.6) is 0 Å². The maximum absolute atomic E-state index is 12.8. The molecule has 0 aromatic heterocycles. The van der Waals surface area contributed by atoms with E-state index >= 15 is 0 Å². The lowest BCUT2D eigenvalue weighted by Gasteiger charge is -2.21. The third-order valence-corrected chi connectivity index (χ3v) is 3.95. The van der Waals surface area contributed by atoms with Gasteiger partial charge in [0.1, 0.15) is 5.82 Å². The monoisotopic (exact) mass is 266 g/mol. The van der Waals surface area contributed by atoms with Gasteiger partial charge in [0.25, 0.3) is 0 Å². The molecule has 1 aromatic carbocycles. The summed E-state index contributed by atoms with van der Waals surface area (Å²) in [5, 5.41) is 10.1. The van der Waals surface area contributed by atoms with Crippen molar-refractivity contribution in [3.05, 3.63) is 35.6 Å². The number of benzene rings is 1. The van der Waals surface area contributed by atoms with Crippen molar-refractivity contribution in [2.45, 2.75) is 25.0 Å². The third kappa shape index (κ3) is 4.00. The van der Waals surface area contributed by atoms with Crippen molar-refractivity contribution in [3.8, 4) is 0 Å². The predicted octanol–water partition coefficient (Wildman–Crippen LogP) is 1.89. The molecule has 2 unspecified atom stereocenters. The number of hydrogen-bond donors (Lipinski definition) is 1. The second-order valence-electron chi connectivity index (χ2n) is 5.56. The van der Waals surface area contributed by atoms with E-state index in [1.54, 1.807) is 12.1 Å². The molecule has 3 nitrogen and oxygen atoms in total. The van der Waals surface area contributed by atoms with Crippen LogP contribution in [-0.4, -0.2) is 54.7 Å². The average molecular weight is 266 g/mol. The number of likely N-dealkylation sites (N-methyl/N-ethyl adjacent to an activating group) is 1. The van der Waals surface area contributed by atoms with E-state index in [0.717, 1.165) is 25.2 Å². The highest BCUT2D eigenvalue weighted by Crippen LogP contribution is 2.19. The fourth-order valence-electron chi connectivity index (χ4n) is 2.59. The van der Waals surface area contributed by atoms with Crippen LogP contribution in [-0.2, 0) is 0 Å². The lowest BCUT2D eigenvalue weighted by atomic mass is 10.1. The standard InChI is InChI=1S/C15H23FN2O/c1-17(2)14-7-9-18(11-14)10-8-15(19)12-3-5-13(16)6-4-12/h3-6,14-15,19H,7-11H2,1-2H3. The maximum atomic E-state index is 12.8. The zero-order chi connectivity index (χ0) is 13.8. The van der Waals surface area contributed by atoms with Crippen LogP contribution < -0.4 is 0 Å². The van der Waals surface area contributed by atoms with Crippen molar-refractivity contribution in [1.29, 1.82) is 0 Å². The number of rotatable bonds is 5. The first-order valence-corrected chi connectivity index (χ1v) is 6.88. The van der Waals surface area contributed by atoms with Crippen molar-refractivity contribution in [2.24, 2.45) is 0 Å². The Morgan fingerprint density at radius 3 is 2.63 bits per heavy atom. The van der Waals surface area contributed by atoms with Crippen LogP contribution in [0.1, 0.15) is 24.5 Å². The molecular weight excluding hydrogens is 243 g/mol. The maximum Gasteiger partial charge on any atom is 0.123 e. The fourth-order valence-corrected chi connectivity index (χ4v) is 2.59. The van der Waals surface area contributed by atoms with E-state index in [1.807, 2.05) is 0 Å². The van der Waals surface area contributed by atoms with E-state index in [0.29, 0.717) is 12.5 Å². The lowest BCUT2D eigenvalue weighted by molar-refractivity contribution is 0.146. The fraction of sp³-hybridized carbons (Fsp3) is 0.600. The van der Waals surface area contributed by atoms with Gasteiger partial charge in [-0.2, -0.15) is 0 Å². The second-order valence-corrected chi connectivity index (χ2v) is 5.56. The van der Waals surface area contributed by atoms with E-state index in [1.165, 1.54) is 18.6 Å². The van der Waals surface area contributed by atoms with E-state index in [-0.39, 0.29) is 5.82 Å². The molecule has 0 amide bonds. The van der Waals surface area contributed by atoms with Crippen molar-refractivity contribution in [2.75, 3.05) is 33.7 Å². The highest BCUT2D eigenvalue weighted by molar-refractivity contribution is 5.18. The van der Waals surface area contributed by atoms with Gasteiger partial charge in [-0.1, -0.05) is 12.1 Å². The Kier molecular flexibility index (Phi) is 4.91. The van der Waals surface area contributed by atoms with Gasteiger partial charge in [-0.05, 0) is 51.2 Å². The minimum atomic E-state index is -0.501. The van der Waals surface area contributed by atoms with Gasteiger partial charge < -0.3 is 14.9 Å². The lowest BCUT2D eigenvalue weighted by Crippen LogP contribution is -2.32. The van der Waals surface area contributed by atoms with E-state index in [2.05, 4.69) is 23.9 Å². The van der Waals surface area contributed by atoms with Gasteiger partial charge in [0.2, 0.25) is 0 Å². The number of nitrogens with zero attached hydrogens (tertiary/aromatic N) is 2. The summed E-state index contributed by atoms with van der Waals surface area (Å²) in [5.74, 6) is -0.260. The van der Waals surface area contributed by atoms with Crippen molar-refractivity contribution in [1.82, 2.24) is 9.80 Å². The van der Waals surface area contributed by atoms with Gasteiger partial charge in [0.15, 0.2) is 0 Å². The van der Waals surface area contributed by atoms with Crippen LogP contribution in [0, 0.1) is 5.82 Å². The molecule has 0 bridgehead atoms. The molecule has 4 heteroatoms. The summed E-state index contributed by atoms with van der Waals surface area (Å²) in [5.41, 5.74) is 0.796. The van der Waals surface area contributed by atoms with Crippen LogP contribution in [0.3, 0.4) is 0 Å². The second kappa shape index (κ2) is 6.46. The molecule has 1 fully saturated rings. The summed E-state index contributed by atoms with van der Waals surface area (Å²) in [7, 11) is 4.23. The van der Waals surface area contributed by atoms with E-state index in [9.17, 15) is 9.50 Å².